The molecule has 1 atom stereocenters. The minimum absolute atomic E-state index is 0.116. The lowest BCUT2D eigenvalue weighted by molar-refractivity contribution is -0.0239. The second kappa shape index (κ2) is 6.43. The molecule has 1 spiro atoms. The Kier molecular flexibility index (Phi) is 4.36. The van der Waals surface area contributed by atoms with Gasteiger partial charge in [0.15, 0.2) is 5.82 Å². The summed E-state index contributed by atoms with van der Waals surface area (Å²) in [5.74, 6) is 0.118. The number of nitrogens with two attached hydrogens (primary N) is 1. The molecule has 1 saturated heterocycles. The number of hydrogen-bond donors (Lipinski definition) is 3. The number of piperidine rings is 1. The molecular weight excluding hydrogens is 394 g/mol. The number of fused-ring (bicyclic) bond motifs is 2. The van der Waals surface area contributed by atoms with Crippen molar-refractivity contribution < 1.29 is 4.79 Å². The maximum absolute atomic E-state index is 13.6. The largest absolute Gasteiger partial charge is 0.382 e. The molecule has 10 heteroatoms. The number of aryl methyl sites for hydroxylation is 1. The smallest absolute Gasteiger partial charge is 0.276 e. The summed E-state index contributed by atoms with van der Waals surface area (Å²) < 4.78 is 1.61. The number of amides is 1. The van der Waals surface area contributed by atoms with E-state index >= 15 is 0 Å². The molecule has 4 heterocycles. The molecule has 29 heavy (non-hydrogen) atoms. The van der Waals surface area contributed by atoms with Gasteiger partial charge in [-0.15, -0.1) is 0 Å². The number of carbonyl (C=O) groups excluding carboxylic acids is 1. The highest BCUT2D eigenvalue weighted by molar-refractivity contribution is 6.35. The van der Waals surface area contributed by atoms with Crippen molar-refractivity contribution in [1.29, 1.82) is 0 Å². The zero-order valence-corrected chi connectivity index (χ0v) is 17.6. The molecule has 1 fully saturated rings. The summed E-state index contributed by atoms with van der Waals surface area (Å²) in [6, 6.07) is 1.64. The molecule has 9 nitrogen and oxygen atoms in total. The Morgan fingerprint density at radius 3 is 2.76 bits per heavy atom. The number of aromatic nitrogens is 3. The van der Waals surface area contributed by atoms with Crippen molar-refractivity contribution in [3.63, 3.8) is 0 Å². The number of pyridine rings is 1. The Morgan fingerprint density at radius 1 is 1.31 bits per heavy atom. The van der Waals surface area contributed by atoms with Crippen molar-refractivity contribution in [1.82, 2.24) is 24.8 Å². The summed E-state index contributed by atoms with van der Waals surface area (Å²) >= 11 is 6.19. The highest BCUT2D eigenvalue weighted by Crippen LogP contribution is 2.45. The standard InChI is InChI=1S/C19H24ClN7O2/c1-10-7-11(24-15-12(20)14(21)22-9-23-15)17(29)27-13(10)16(28)25-19(27)8-26(4)6-5-18(19,2)3/h7,9H,5-6,8H2,1-4H3,(H,25,28)(H3,21,22,23,24). The van der Waals surface area contributed by atoms with E-state index in [9.17, 15) is 9.59 Å². The number of carbonyl (C=O) groups is 1. The third kappa shape index (κ3) is 2.79. The van der Waals surface area contributed by atoms with E-state index in [2.05, 4.69) is 39.3 Å². The van der Waals surface area contributed by atoms with Crippen LogP contribution in [0.5, 0.6) is 0 Å². The van der Waals surface area contributed by atoms with Crippen LogP contribution in [0.2, 0.25) is 5.02 Å². The van der Waals surface area contributed by atoms with Crippen LogP contribution in [-0.4, -0.2) is 45.5 Å². The van der Waals surface area contributed by atoms with Crippen molar-refractivity contribution in [2.75, 3.05) is 31.2 Å². The molecule has 1 unspecified atom stereocenters. The zero-order chi connectivity index (χ0) is 21.1. The van der Waals surface area contributed by atoms with Crippen LogP contribution in [0.15, 0.2) is 17.2 Å². The first-order chi connectivity index (χ1) is 13.6. The lowest BCUT2D eigenvalue weighted by atomic mass is 9.73. The predicted molar refractivity (Wildman–Crippen MR) is 112 cm³/mol. The van der Waals surface area contributed by atoms with Gasteiger partial charge in [-0.25, -0.2) is 9.97 Å². The summed E-state index contributed by atoms with van der Waals surface area (Å²) in [4.78, 5) is 36.6. The van der Waals surface area contributed by atoms with Crippen LogP contribution in [0, 0.1) is 12.3 Å². The molecule has 0 aliphatic carbocycles. The minimum Gasteiger partial charge on any atom is -0.382 e. The molecule has 2 aliphatic heterocycles. The van der Waals surface area contributed by atoms with Gasteiger partial charge in [-0.1, -0.05) is 25.4 Å². The van der Waals surface area contributed by atoms with Crippen molar-refractivity contribution in [3.8, 4) is 0 Å². The maximum atomic E-state index is 13.6. The molecule has 2 aliphatic rings. The first-order valence-corrected chi connectivity index (χ1v) is 9.76. The van der Waals surface area contributed by atoms with E-state index in [0.29, 0.717) is 17.8 Å². The minimum atomic E-state index is -0.847. The van der Waals surface area contributed by atoms with Crippen molar-refractivity contribution >= 4 is 34.8 Å². The number of hydrogen-bond acceptors (Lipinski definition) is 7. The first kappa shape index (κ1) is 19.7. The molecular formula is C19H24ClN7O2. The molecule has 4 rings (SSSR count). The van der Waals surface area contributed by atoms with Crippen LogP contribution in [-0.2, 0) is 5.66 Å². The Morgan fingerprint density at radius 2 is 2.03 bits per heavy atom. The van der Waals surface area contributed by atoms with Crippen molar-refractivity contribution in [2.24, 2.45) is 5.41 Å². The topological polar surface area (TPSA) is 118 Å². The molecule has 1 amide bonds. The number of rotatable bonds is 2. The van der Waals surface area contributed by atoms with Gasteiger partial charge in [0, 0.05) is 12.0 Å². The van der Waals surface area contributed by atoms with Crippen molar-refractivity contribution in [3.05, 3.63) is 39.0 Å². The fourth-order valence-corrected chi connectivity index (χ4v) is 4.47. The normalized spacial score (nSPS) is 23.1. The zero-order valence-electron chi connectivity index (χ0n) is 16.8. The lowest BCUT2D eigenvalue weighted by Gasteiger charge is -2.51. The average Bonchev–Trinajstić information content (AvgIpc) is 2.94. The van der Waals surface area contributed by atoms with E-state index in [4.69, 9.17) is 17.3 Å². The van der Waals surface area contributed by atoms with Crippen LogP contribution >= 0.6 is 11.6 Å². The third-order valence-corrected chi connectivity index (χ3v) is 6.49. The Labute approximate surface area is 173 Å². The summed E-state index contributed by atoms with van der Waals surface area (Å²) in [6.07, 6.45) is 2.10. The number of anilines is 3. The third-order valence-electron chi connectivity index (χ3n) is 6.11. The monoisotopic (exact) mass is 417 g/mol. The summed E-state index contributed by atoms with van der Waals surface area (Å²) in [7, 11) is 1.99. The highest BCUT2D eigenvalue weighted by atomic mass is 35.5. The van der Waals surface area contributed by atoms with Gasteiger partial charge in [-0.2, -0.15) is 0 Å². The molecule has 0 aromatic carbocycles. The van der Waals surface area contributed by atoms with Gasteiger partial charge < -0.3 is 21.3 Å². The highest BCUT2D eigenvalue weighted by Gasteiger charge is 2.56. The van der Waals surface area contributed by atoms with Crippen molar-refractivity contribution in [2.45, 2.75) is 32.9 Å². The summed E-state index contributed by atoms with van der Waals surface area (Å²) in [5.41, 5.74) is 5.59. The Balaban J connectivity index is 1.92. The number of nitrogens with one attached hydrogen (secondary N) is 2. The van der Waals surface area contributed by atoms with Gasteiger partial charge in [0.2, 0.25) is 0 Å². The SMILES string of the molecule is Cc1cc(Nc2ncnc(N)c2Cl)c(=O)n2c1C(=O)NC21CN(C)CCC1(C)C. The molecule has 2 aromatic heterocycles. The molecule has 0 saturated carbocycles. The average molecular weight is 418 g/mol. The van der Waals surface area contributed by atoms with Gasteiger partial charge in [0.25, 0.3) is 11.5 Å². The number of halogens is 1. The quantitative estimate of drug-likeness (QED) is 0.680. The van der Waals surface area contributed by atoms with Gasteiger partial charge in [0.05, 0.1) is 0 Å². The Bertz CT molecular complexity index is 1080. The van der Waals surface area contributed by atoms with Crippen LogP contribution in [0.1, 0.15) is 36.3 Å². The molecule has 2 aromatic rings. The number of likely N-dealkylation sites (tertiary alicyclic amines) is 1. The Hall–Kier alpha value is -2.65. The van der Waals surface area contributed by atoms with E-state index in [1.165, 1.54) is 6.33 Å². The molecule has 154 valence electrons. The lowest BCUT2D eigenvalue weighted by Crippen LogP contribution is -2.65. The van der Waals surface area contributed by atoms with E-state index in [0.717, 1.165) is 13.0 Å². The number of likely N-dealkylation sites (N-methyl/N-ethyl adjacent to an activating group) is 1. The fraction of sp³-hybridized carbons (Fsp3) is 0.474. The van der Waals surface area contributed by atoms with E-state index in [1.807, 2.05) is 14.0 Å². The van der Waals surface area contributed by atoms with Gasteiger partial charge in [-0.3, -0.25) is 14.2 Å². The van der Waals surface area contributed by atoms with E-state index < -0.39 is 5.66 Å². The molecule has 0 radical (unpaired) electrons. The van der Waals surface area contributed by atoms with Crippen LogP contribution < -0.4 is 21.9 Å². The second-order valence-electron chi connectivity index (χ2n) is 8.46. The summed E-state index contributed by atoms with van der Waals surface area (Å²) in [5, 5.41) is 6.25. The van der Waals surface area contributed by atoms with E-state index in [-0.39, 0.29) is 39.2 Å². The maximum Gasteiger partial charge on any atom is 0.276 e. The molecule has 0 bridgehead atoms. The van der Waals surface area contributed by atoms with Crippen LogP contribution in [0.25, 0.3) is 0 Å². The first-order valence-electron chi connectivity index (χ1n) is 9.38. The van der Waals surface area contributed by atoms with Gasteiger partial charge in [0.1, 0.15) is 34.2 Å². The second-order valence-corrected chi connectivity index (χ2v) is 8.84. The molecule has 4 N–H and O–H groups in total. The number of nitrogen functional groups attached to an aromatic ring is 1. The summed E-state index contributed by atoms with van der Waals surface area (Å²) in [6.45, 7) is 7.40. The predicted octanol–water partition coefficient (Wildman–Crippen LogP) is 1.68. The number of nitrogens with zero attached hydrogens (tertiary/aromatic N) is 4. The fourth-order valence-electron chi connectivity index (χ4n) is 4.32. The van der Waals surface area contributed by atoms with Gasteiger partial charge >= 0.3 is 0 Å². The van der Waals surface area contributed by atoms with Crippen LogP contribution in [0.3, 0.4) is 0 Å². The van der Waals surface area contributed by atoms with Gasteiger partial charge in [-0.05, 0) is 38.6 Å². The van der Waals surface area contributed by atoms with E-state index in [1.54, 1.807) is 10.6 Å². The van der Waals surface area contributed by atoms with Crippen LogP contribution in [0.4, 0.5) is 17.3 Å².